The van der Waals surface area contributed by atoms with Gasteiger partial charge in [-0.15, -0.1) is 0 Å². The molecule has 6 heteroatoms. The molecule has 3 nitrogen and oxygen atoms in total. The molecular formula is C13H18BF2NO2. The van der Waals surface area contributed by atoms with Gasteiger partial charge in [0.1, 0.15) is 5.69 Å². The lowest BCUT2D eigenvalue weighted by Crippen LogP contribution is -2.41. The van der Waals surface area contributed by atoms with Gasteiger partial charge in [-0.25, -0.2) is 8.78 Å². The zero-order valence-electron chi connectivity index (χ0n) is 11.8. The highest BCUT2D eigenvalue weighted by Crippen LogP contribution is 2.36. The van der Waals surface area contributed by atoms with Crippen molar-refractivity contribution in [2.24, 2.45) is 0 Å². The van der Waals surface area contributed by atoms with Gasteiger partial charge >= 0.3 is 7.12 Å². The molecule has 1 saturated heterocycles. The van der Waals surface area contributed by atoms with Crippen LogP contribution in [0.1, 0.15) is 45.4 Å². The topological polar surface area (TPSA) is 31.4 Å². The van der Waals surface area contributed by atoms with Crippen LogP contribution in [0.3, 0.4) is 0 Å². The third kappa shape index (κ3) is 2.39. The highest BCUT2D eigenvalue weighted by molar-refractivity contribution is 6.62. The molecule has 1 aromatic rings. The maximum absolute atomic E-state index is 12.9. The number of hydrogen-bond donors (Lipinski definition) is 0. The quantitative estimate of drug-likeness (QED) is 0.773. The second-order valence-electron chi connectivity index (χ2n) is 5.80. The molecule has 1 aliphatic rings. The van der Waals surface area contributed by atoms with Crippen molar-refractivity contribution in [2.75, 3.05) is 0 Å². The summed E-state index contributed by atoms with van der Waals surface area (Å²) in [6.07, 6.45) is -1.23. The first kappa shape index (κ1) is 14.4. The van der Waals surface area contributed by atoms with Crippen molar-refractivity contribution in [2.45, 2.75) is 52.2 Å². The van der Waals surface area contributed by atoms with Crippen molar-refractivity contribution < 1.29 is 18.1 Å². The number of rotatable bonds is 2. The van der Waals surface area contributed by atoms with E-state index in [-0.39, 0.29) is 5.69 Å². The maximum Gasteiger partial charge on any atom is 0.495 e. The Bertz CT molecular complexity index is 476. The zero-order valence-corrected chi connectivity index (χ0v) is 11.8. The Morgan fingerprint density at radius 3 is 2.16 bits per heavy atom. The predicted octanol–water partition coefficient (Wildman–Crippen LogP) is 2.63. The summed E-state index contributed by atoms with van der Waals surface area (Å²) in [7, 11) is -0.634. The fourth-order valence-corrected chi connectivity index (χ4v) is 2.01. The summed E-state index contributed by atoms with van der Waals surface area (Å²) in [5.74, 6) is 0. The molecular weight excluding hydrogens is 251 g/mol. The molecule has 104 valence electrons. The Hall–Kier alpha value is -1.01. The molecule has 0 amide bonds. The fourth-order valence-electron chi connectivity index (χ4n) is 2.01. The Kier molecular flexibility index (Phi) is 3.43. The molecule has 0 saturated carbocycles. The first-order valence-electron chi connectivity index (χ1n) is 6.25. The molecule has 1 aromatic heterocycles. The first-order chi connectivity index (χ1) is 8.66. The van der Waals surface area contributed by atoms with Crippen LogP contribution in [0.2, 0.25) is 0 Å². The Labute approximate surface area is 112 Å². The molecule has 0 spiro atoms. The number of hydrogen-bond acceptors (Lipinski definition) is 3. The van der Waals surface area contributed by atoms with Crippen LogP contribution >= 0.6 is 0 Å². The Morgan fingerprint density at radius 2 is 1.68 bits per heavy atom. The van der Waals surface area contributed by atoms with E-state index in [1.165, 1.54) is 6.20 Å². The van der Waals surface area contributed by atoms with E-state index in [0.717, 1.165) is 0 Å². The van der Waals surface area contributed by atoms with Gasteiger partial charge in [0.15, 0.2) is 0 Å². The molecule has 0 radical (unpaired) electrons. The van der Waals surface area contributed by atoms with Crippen LogP contribution in [0.15, 0.2) is 12.3 Å². The van der Waals surface area contributed by atoms with E-state index < -0.39 is 24.7 Å². The van der Waals surface area contributed by atoms with Gasteiger partial charge in [0.25, 0.3) is 6.43 Å². The maximum atomic E-state index is 12.9. The highest BCUT2D eigenvalue weighted by Gasteiger charge is 2.52. The van der Waals surface area contributed by atoms with E-state index in [0.29, 0.717) is 11.0 Å². The van der Waals surface area contributed by atoms with Gasteiger partial charge in [-0.05, 0) is 51.7 Å². The summed E-state index contributed by atoms with van der Waals surface area (Å²) >= 11 is 0. The zero-order chi connectivity index (χ0) is 14.4. The van der Waals surface area contributed by atoms with Gasteiger partial charge in [0, 0.05) is 6.20 Å². The van der Waals surface area contributed by atoms with Gasteiger partial charge in [-0.2, -0.15) is 0 Å². The van der Waals surface area contributed by atoms with Crippen LogP contribution in [0.4, 0.5) is 8.78 Å². The van der Waals surface area contributed by atoms with Gasteiger partial charge in [0.05, 0.1) is 11.2 Å². The van der Waals surface area contributed by atoms with Crippen LogP contribution in [0.5, 0.6) is 0 Å². The van der Waals surface area contributed by atoms with E-state index in [2.05, 4.69) is 4.98 Å². The van der Waals surface area contributed by atoms with Crippen molar-refractivity contribution in [1.29, 1.82) is 0 Å². The minimum atomic E-state index is -2.60. The summed E-state index contributed by atoms with van der Waals surface area (Å²) in [6, 6.07) is 1.67. The fraction of sp³-hybridized carbons (Fsp3) is 0.615. The second kappa shape index (κ2) is 4.53. The summed E-state index contributed by atoms with van der Waals surface area (Å²) < 4.78 is 37.5. The van der Waals surface area contributed by atoms with E-state index in [1.54, 1.807) is 13.0 Å². The molecule has 0 aromatic carbocycles. The largest absolute Gasteiger partial charge is 0.495 e. The molecule has 1 aliphatic heterocycles. The van der Waals surface area contributed by atoms with E-state index in [4.69, 9.17) is 9.31 Å². The van der Waals surface area contributed by atoms with Gasteiger partial charge in [-0.3, -0.25) is 4.98 Å². The van der Waals surface area contributed by atoms with Crippen LogP contribution in [-0.4, -0.2) is 23.3 Å². The number of nitrogens with zero attached hydrogens (tertiary/aromatic N) is 1. The molecule has 19 heavy (non-hydrogen) atoms. The Balaban J connectivity index is 2.38. The first-order valence-corrected chi connectivity index (χ1v) is 6.25. The number of halogens is 2. The molecule has 0 aliphatic carbocycles. The van der Waals surface area contributed by atoms with Gasteiger partial charge < -0.3 is 9.31 Å². The van der Waals surface area contributed by atoms with Crippen LogP contribution in [-0.2, 0) is 9.31 Å². The lowest BCUT2D eigenvalue weighted by molar-refractivity contribution is 0.00578. The smallest absolute Gasteiger partial charge is 0.399 e. The SMILES string of the molecule is Cc1c(B2OC(C)(C)C(C)(C)O2)ccnc1C(F)F. The standard InChI is InChI=1S/C13H18BF2NO2/c1-8-9(6-7-17-10(8)11(15)16)14-18-12(2,3)13(4,5)19-14/h6-7,11H,1-5H3. The molecule has 2 rings (SSSR count). The minimum absolute atomic E-state index is 0.216. The summed E-state index contributed by atoms with van der Waals surface area (Å²) in [4.78, 5) is 3.72. The van der Waals surface area contributed by atoms with Crippen molar-refractivity contribution in [1.82, 2.24) is 4.98 Å². The van der Waals surface area contributed by atoms with Crippen molar-refractivity contribution in [3.63, 3.8) is 0 Å². The van der Waals surface area contributed by atoms with E-state index >= 15 is 0 Å². The molecule has 2 heterocycles. The number of alkyl halides is 2. The minimum Gasteiger partial charge on any atom is -0.399 e. The van der Waals surface area contributed by atoms with E-state index in [1.807, 2.05) is 27.7 Å². The summed E-state index contributed by atoms with van der Waals surface area (Å²) in [6.45, 7) is 9.33. The van der Waals surface area contributed by atoms with Crippen molar-refractivity contribution in [3.05, 3.63) is 23.5 Å². The summed E-state index contributed by atoms with van der Waals surface area (Å²) in [5, 5.41) is 0. The lowest BCUT2D eigenvalue weighted by atomic mass is 9.76. The summed E-state index contributed by atoms with van der Waals surface area (Å²) in [5.41, 5.74) is -0.149. The molecule has 0 bridgehead atoms. The predicted molar refractivity (Wildman–Crippen MR) is 69.6 cm³/mol. The molecule has 0 unspecified atom stereocenters. The second-order valence-corrected chi connectivity index (χ2v) is 5.80. The third-order valence-electron chi connectivity index (χ3n) is 4.00. The molecule has 1 fully saturated rings. The van der Waals surface area contributed by atoms with Crippen molar-refractivity contribution in [3.8, 4) is 0 Å². The highest BCUT2D eigenvalue weighted by atomic mass is 19.3. The van der Waals surface area contributed by atoms with Crippen LogP contribution in [0.25, 0.3) is 0 Å². The van der Waals surface area contributed by atoms with Gasteiger partial charge in [0.2, 0.25) is 0 Å². The Morgan fingerprint density at radius 1 is 1.16 bits per heavy atom. The van der Waals surface area contributed by atoms with E-state index in [9.17, 15) is 8.78 Å². The third-order valence-corrected chi connectivity index (χ3v) is 4.00. The van der Waals surface area contributed by atoms with Crippen LogP contribution < -0.4 is 5.46 Å². The molecule has 0 N–H and O–H groups in total. The van der Waals surface area contributed by atoms with Crippen LogP contribution in [0, 0.1) is 6.92 Å². The molecule has 0 atom stereocenters. The normalized spacial score (nSPS) is 21.2. The van der Waals surface area contributed by atoms with Crippen molar-refractivity contribution >= 4 is 12.6 Å². The monoisotopic (exact) mass is 269 g/mol. The lowest BCUT2D eigenvalue weighted by Gasteiger charge is -2.32. The average molecular weight is 269 g/mol. The number of pyridine rings is 1. The van der Waals surface area contributed by atoms with Gasteiger partial charge in [-0.1, -0.05) is 0 Å². The average Bonchev–Trinajstić information content (AvgIpc) is 2.47. The number of aromatic nitrogens is 1.